The predicted octanol–water partition coefficient (Wildman–Crippen LogP) is 3.24. The molecule has 2 aromatic rings. The molecule has 1 aromatic carbocycles. The van der Waals surface area contributed by atoms with Crippen LogP contribution in [0.25, 0.3) is 10.1 Å². The van der Waals surface area contributed by atoms with E-state index in [1.807, 2.05) is 0 Å². The van der Waals surface area contributed by atoms with Crippen molar-refractivity contribution >= 4 is 33.3 Å². The SMILES string of the molecule is O=C(NC1CCC(CCN2CCN(c3nsc4ccccc34)CC2)CC1)C1CCCN1. The number of nitrogens with one attached hydrogen (secondary N) is 2. The zero-order chi connectivity index (χ0) is 21.0. The van der Waals surface area contributed by atoms with Gasteiger partial charge in [-0.15, -0.1) is 0 Å². The number of rotatable bonds is 6. The van der Waals surface area contributed by atoms with Crippen molar-refractivity contribution < 1.29 is 4.79 Å². The number of piperazine rings is 1. The number of amides is 1. The summed E-state index contributed by atoms with van der Waals surface area (Å²) in [5.41, 5.74) is 0. The van der Waals surface area contributed by atoms with Gasteiger partial charge in [0.1, 0.15) is 5.82 Å². The van der Waals surface area contributed by atoms with Gasteiger partial charge in [0, 0.05) is 37.6 Å². The van der Waals surface area contributed by atoms with Crippen molar-refractivity contribution in [3.63, 3.8) is 0 Å². The first-order chi connectivity index (χ1) is 15.3. The first kappa shape index (κ1) is 21.2. The number of aromatic nitrogens is 1. The Morgan fingerprint density at radius 3 is 2.68 bits per heavy atom. The fourth-order valence-electron chi connectivity index (χ4n) is 5.45. The molecule has 3 heterocycles. The van der Waals surface area contributed by atoms with Crippen LogP contribution in [0.1, 0.15) is 44.9 Å². The van der Waals surface area contributed by atoms with Gasteiger partial charge < -0.3 is 15.5 Å². The minimum atomic E-state index is 0.0543. The van der Waals surface area contributed by atoms with Gasteiger partial charge in [0.25, 0.3) is 0 Å². The smallest absolute Gasteiger partial charge is 0.237 e. The largest absolute Gasteiger partial charge is 0.353 e. The van der Waals surface area contributed by atoms with Gasteiger partial charge in [0.15, 0.2) is 0 Å². The molecule has 3 fully saturated rings. The van der Waals surface area contributed by atoms with Crippen LogP contribution in [0.4, 0.5) is 5.82 Å². The molecule has 1 atom stereocenters. The van der Waals surface area contributed by atoms with Crippen LogP contribution in [0.2, 0.25) is 0 Å². The third-order valence-electron chi connectivity index (χ3n) is 7.45. The molecular formula is C24H35N5OS. The van der Waals surface area contributed by atoms with Gasteiger partial charge in [0.2, 0.25) is 5.91 Å². The number of benzene rings is 1. The Morgan fingerprint density at radius 1 is 1.10 bits per heavy atom. The van der Waals surface area contributed by atoms with E-state index in [1.165, 1.54) is 41.7 Å². The summed E-state index contributed by atoms with van der Waals surface area (Å²) < 4.78 is 6.01. The summed E-state index contributed by atoms with van der Waals surface area (Å²) in [5, 5.41) is 7.90. The van der Waals surface area contributed by atoms with Crippen molar-refractivity contribution in [3.05, 3.63) is 24.3 Å². The van der Waals surface area contributed by atoms with Gasteiger partial charge in [-0.05, 0) is 87.6 Å². The molecule has 168 valence electrons. The van der Waals surface area contributed by atoms with Crippen LogP contribution in [0.5, 0.6) is 0 Å². The summed E-state index contributed by atoms with van der Waals surface area (Å²) in [6.07, 6.45) is 8.22. The van der Waals surface area contributed by atoms with Gasteiger partial charge >= 0.3 is 0 Å². The van der Waals surface area contributed by atoms with Gasteiger partial charge in [-0.25, -0.2) is 0 Å². The molecule has 2 N–H and O–H groups in total. The van der Waals surface area contributed by atoms with Crippen LogP contribution in [0.15, 0.2) is 24.3 Å². The molecule has 31 heavy (non-hydrogen) atoms. The molecule has 3 aliphatic rings. The van der Waals surface area contributed by atoms with E-state index in [1.54, 1.807) is 11.5 Å². The third kappa shape index (κ3) is 5.04. The average molecular weight is 442 g/mol. The van der Waals surface area contributed by atoms with Gasteiger partial charge in [-0.1, -0.05) is 12.1 Å². The number of fused-ring (bicyclic) bond motifs is 1. The number of carbonyl (C=O) groups is 1. The van der Waals surface area contributed by atoms with Crippen LogP contribution >= 0.6 is 11.5 Å². The number of hydrogen-bond acceptors (Lipinski definition) is 6. The predicted molar refractivity (Wildman–Crippen MR) is 128 cm³/mol. The highest BCUT2D eigenvalue weighted by atomic mass is 32.1. The number of nitrogens with zero attached hydrogens (tertiary/aromatic N) is 3. The molecule has 5 rings (SSSR count). The lowest BCUT2D eigenvalue weighted by Gasteiger charge is -2.36. The molecule has 1 aromatic heterocycles. The van der Waals surface area contributed by atoms with E-state index in [9.17, 15) is 4.79 Å². The van der Waals surface area contributed by atoms with Crippen LogP contribution in [-0.2, 0) is 4.79 Å². The zero-order valence-corrected chi connectivity index (χ0v) is 19.2. The molecule has 1 unspecified atom stereocenters. The summed E-state index contributed by atoms with van der Waals surface area (Å²) in [7, 11) is 0. The topological polar surface area (TPSA) is 60.5 Å². The lowest BCUT2D eigenvalue weighted by molar-refractivity contribution is -0.123. The van der Waals surface area contributed by atoms with Crippen molar-refractivity contribution in [2.45, 2.75) is 57.0 Å². The lowest BCUT2D eigenvalue weighted by Crippen LogP contribution is -2.47. The molecule has 1 aliphatic carbocycles. The molecule has 2 aliphatic heterocycles. The minimum Gasteiger partial charge on any atom is -0.353 e. The number of carbonyl (C=O) groups excluding carboxylic acids is 1. The van der Waals surface area contributed by atoms with E-state index in [4.69, 9.17) is 4.37 Å². The van der Waals surface area contributed by atoms with Gasteiger partial charge in [-0.3, -0.25) is 9.69 Å². The second kappa shape index (κ2) is 9.84. The maximum atomic E-state index is 12.3. The van der Waals surface area contributed by atoms with Crippen molar-refractivity contribution in [2.75, 3.05) is 44.2 Å². The Hall–Kier alpha value is -1.70. The third-order valence-corrected chi connectivity index (χ3v) is 8.27. The number of hydrogen-bond donors (Lipinski definition) is 2. The molecule has 1 amide bonds. The molecule has 0 spiro atoms. The van der Waals surface area contributed by atoms with Crippen molar-refractivity contribution in [1.29, 1.82) is 0 Å². The van der Waals surface area contributed by atoms with Crippen LogP contribution in [0, 0.1) is 5.92 Å². The van der Waals surface area contributed by atoms with Crippen LogP contribution in [-0.4, -0.2) is 66.5 Å². The molecule has 0 bridgehead atoms. The molecule has 0 radical (unpaired) electrons. The fourth-order valence-corrected chi connectivity index (χ4v) is 6.25. The second-order valence-corrected chi connectivity index (χ2v) is 10.3. The van der Waals surface area contributed by atoms with E-state index in [-0.39, 0.29) is 11.9 Å². The van der Waals surface area contributed by atoms with Crippen LogP contribution < -0.4 is 15.5 Å². The van der Waals surface area contributed by atoms with E-state index in [0.717, 1.165) is 64.3 Å². The highest BCUT2D eigenvalue weighted by Gasteiger charge is 2.28. The Morgan fingerprint density at radius 2 is 1.90 bits per heavy atom. The normalized spacial score (nSPS) is 27.6. The Balaban J connectivity index is 1.02. The van der Waals surface area contributed by atoms with E-state index in [2.05, 4.69) is 44.7 Å². The summed E-state index contributed by atoms with van der Waals surface area (Å²) >= 11 is 1.61. The van der Waals surface area contributed by atoms with E-state index in [0.29, 0.717) is 6.04 Å². The molecule has 2 saturated heterocycles. The fraction of sp³-hybridized carbons (Fsp3) is 0.667. The maximum absolute atomic E-state index is 12.3. The van der Waals surface area contributed by atoms with Gasteiger partial charge in [-0.2, -0.15) is 4.37 Å². The molecule has 6 nitrogen and oxygen atoms in total. The highest BCUT2D eigenvalue weighted by Crippen LogP contribution is 2.30. The first-order valence-electron chi connectivity index (χ1n) is 12.1. The van der Waals surface area contributed by atoms with E-state index < -0.39 is 0 Å². The Labute approximate surface area is 189 Å². The standard InChI is InChI=1S/C24H35N5OS/c30-24(21-5-3-12-25-21)26-19-9-7-18(8-10-19)11-13-28-14-16-29(17-15-28)23-20-4-1-2-6-22(20)31-27-23/h1-2,4,6,18-19,21,25H,3,5,7-17H2,(H,26,30). The summed E-state index contributed by atoms with van der Waals surface area (Å²) in [6, 6.07) is 9.02. The summed E-state index contributed by atoms with van der Waals surface area (Å²) in [4.78, 5) is 17.4. The molecule has 7 heteroatoms. The quantitative estimate of drug-likeness (QED) is 0.721. The Bertz CT molecular complexity index is 864. The summed E-state index contributed by atoms with van der Waals surface area (Å²) in [6.45, 7) is 6.60. The molecule has 1 saturated carbocycles. The second-order valence-electron chi connectivity index (χ2n) is 9.49. The van der Waals surface area contributed by atoms with Crippen molar-refractivity contribution in [2.24, 2.45) is 5.92 Å². The Kier molecular flexibility index (Phi) is 6.72. The zero-order valence-electron chi connectivity index (χ0n) is 18.4. The monoisotopic (exact) mass is 441 g/mol. The number of anilines is 1. The van der Waals surface area contributed by atoms with Gasteiger partial charge in [0.05, 0.1) is 10.7 Å². The van der Waals surface area contributed by atoms with Crippen molar-refractivity contribution in [1.82, 2.24) is 19.9 Å². The molecular weight excluding hydrogens is 406 g/mol. The lowest BCUT2D eigenvalue weighted by atomic mass is 9.84. The highest BCUT2D eigenvalue weighted by molar-refractivity contribution is 7.13. The average Bonchev–Trinajstić information content (AvgIpc) is 3.49. The van der Waals surface area contributed by atoms with E-state index >= 15 is 0 Å². The minimum absolute atomic E-state index is 0.0543. The maximum Gasteiger partial charge on any atom is 0.237 e. The summed E-state index contributed by atoms with van der Waals surface area (Å²) in [5.74, 6) is 2.22. The van der Waals surface area contributed by atoms with Crippen molar-refractivity contribution in [3.8, 4) is 0 Å². The first-order valence-corrected chi connectivity index (χ1v) is 12.9. The van der Waals surface area contributed by atoms with Crippen LogP contribution in [0.3, 0.4) is 0 Å².